The molecule has 1 rings (SSSR count). The molecule has 2 nitrogen and oxygen atoms in total. The number of hydrogen-bond acceptors (Lipinski definition) is 1. The number of benzene rings is 1. The fourth-order valence-corrected chi connectivity index (χ4v) is 1.79. The number of rotatable bonds is 1. The number of amides is 1. The highest BCUT2D eigenvalue weighted by molar-refractivity contribution is 9.10. The topological polar surface area (TPSA) is 43.1 Å². The number of carbonyl (C=O) groups excluding carboxylic acids is 1. The highest BCUT2D eigenvalue weighted by Gasteiger charge is 2.45. The molecule has 2 N–H and O–H groups in total. The third kappa shape index (κ3) is 2.95. The largest absolute Gasteiger partial charge is 0.417 e. The van der Waals surface area contributed by atoms with Gasteiger partial charge in [0.1, 0.15) is 0 Å². The quantitative estimate of drug-likeness (QED) is 0.783. The first-order valence-corrected chi connectivity index (χ1v) is 5.01. The Bertz CT molecular complexity index is 493. The molecule has 0 atom stereocenters. The maximum Gasteiger partial charge on any atom is 0.417 e. The van der Waals surface area contributed by atoms with E-state index in [2.05, 4.69) is 21.7 Å². The van der Waals surface area contributed by atoms with Gasteiger partial charge in [0.05, 0.1) is 16.7 Å². The van der Waals surface area contributed by atoms with Crippen molar-refractivity contribution in [2.24, 2.45) is 5.73 Å². The summed E-state index contributed by atoms with van der Waals surface area (Å²) >= 11 is 2.60. The minimum absolute atomic E-state index is 0.245. The molecule has 9 heteroatoms. The van der Waals surface area contributed by atoms with Crippen molar-refractivity contribution in [3.63, 3.8) is 0 Å². The summed E-state index contributed by atoms with van der Waals surface area (Å²) in [4.78, 5) is 10.8. The van der Waals surface area contributed by atoms with Gasteiger partial charge in [0.2, 0.25) is 5.91 Å². The number of hydrogen-bond donors (Lipinski definition) is 1. The Morgan fingerprint density at radius 1 is 1.06 bits per heavy atom. The van der Waals surface area contributed by atoms with Crippen molar-refractivity contribution < 1.29 is 31.1 Å². The van der Waals surface area contributed by atoms with Crippen LogP contribution >= 0.6 is 15.9 Å². The van der Waals surface area contributed by atoms with Crippen LogP contribution in [0.5, 0.6) is 0 Å². The van der Waals surface area contributed by atoms with E-state index in [4.69, 9.17) is 0 Å². The first-order valence-electron chi connectivity index (χ1n) is 4.22. The van der Waals surface area contributed by atoms with Crippen LogP contribution in [-0.4, -0.2) is 5.91 Å². The van der Waals surface area contributed by atoms with Crippen molar-refractivity contribution >= 4 is 21.8 Å². The Labute approximate surface area is 105 Å². The van der Waals surface area contributed by atoms with E-state index in [0.717, 1.165) is 0 Å². The summed E-state index contributed by atoms with van der Waals surface area (Å²) in [6, 6.07) is 0.843. The van der Waals surface area contributed by atoms with Crippen LogP contribution in [0.3, 0.4) is 0 Å². The lowest BCUT2D eigenvalue weighted by Gasteiger charge is -2.18. The van der Waals surface area contributed by atoms with Crippen molar-refractivity contribution in [3.05, 3.63) is 33.3 Å². The molecule has 1 aromatic carbocycles. The lowest BCUT2D eigenvalue weighted by Crippen LogP contribution is -2.24. The van der Waals surface area contributed by atoms with Gasteiger partial charge in [-0.05, 0) is 12.1 Å². The molecule has 1 aromatic rings. The van der Waals surface area contributed by atoms with E-state index in [1.165, 1.54) is 0 Å². The van der Waals surface area contributed by atoms with Gasteiger partial charge < -0.3 is 5.73 Å². The van der Waals surface area contributed by atoms with Gasteiger partial charge in [-0.3, -0.25) is 4.79 Å². The second kappa shape index (κ2) is 4.45. The van der Waals surface area contributed by atoms with Gasteiger partial charge >= 0.3 is 12.4 Å². The van der Waals surface area contributed by atoms with Crippen LogP contribution in [0.1, 0.15) is 21.5 Å². The monoisotopic (exact) mass is 335 g/mol. The number of alkyl halides is 6. The highest BCUT2D eigenvalue weighted by Crippen LogP contribution is 2.43. The standard InChI is InChI=1S/C9H4BrF6NO/c10-3-1-4(7(17)18)6(9(14,15)16)5(2-3)8(11,12)13/h1-2H,(H2,17,18). The molecule has 0 radical (unpaired) electrons. The highest BCUT2D eigenvalue weighted by atomic mass is 79.9. The Balaban J connectivity index is 3.76. The lowest BCUT2D eigenvalue weighted by atomic mass is 9.99. The van der Waals surface area contributed by atoms with Crippen LogP contribution in [0, 0.1) is 0 Å². The van der Waals surface area contributed by atoms with E-state index in [0.29, 0.717) is 6.07 Å². The molecular weight excluding hydrogens is 332 g/mol. The average molecular weight is 336 g/mol. The molecule has 0 bridgehead atoms. The zero-order chi connectivity index (χ0) is 14.3. The average Bonchev–Trinajstić information content (AvgIpc) is 2.12. The van der Waals surface area contributed by atoms with Gasteiger partial charge in [-0.2, -0.15) is 26.3 Å². The molecule has 0 saturated heterocycles. The normalized spacial score (nSPS) is 12.6. The first kappa shape index (κ1) is 14.8. The van der Waals surface area contributed by atoms with Crippen LogP contribution in [0.2, 0.25) is 0 Å². The third-order valence-corrected chi connectivity index (χ3v) is 2.42. The van der Waals surface area contributed by atoms with Crippen molar-refractivity contribution in [2.45, 2.75) is 12.4 Å². The Morgan fingerprint density at radius 2 is 1.56 bits per heavy atom. The molecular formula is C9H4BrF6NO. The van der Waals surface area contributed by atoms with Gasteiger partial charge in [-0.1, -0.05) is 15.9 Å². The zero-order valence-electron chi connectivity index (χ0n) is 8.29. The predicted molar refractivity (Wildman–Crippen MR) is 52.7 cm³/mol. The van der Waals surface area contributed by atoms with Crippen molar-refractivity contribution in [1.82, 2.24) is 0 Å². The molecule has 0 saturated carbocycles. The summed E-state index contributed by atoms with van der Waals surface area (Å²) in [5.74, 6) is -1.59. The molecule has 18 heavy (non-hydrogen) atoms. The summed E-state index contributed by atoms with van der Waals surface area (Å²) in [7, 11) is 0. The van der Waals surface area contributed by atoms with Gasteiger partial charge in [0.15, 0.2) is 0 Å². The summed E-state index contributed by atoms with van der Waals surface area (Å²) < 4.78 is 75.1. The van der Waals surface area contributed by atoms with E-state index in [1.54, 1.807) is 0 Å². The molecule has 1 amide bonds. The SMILES string of the molecule is NC(=O)c1cc(Br)cc(C(F)(F)F)c1C(F)(F)F. The smallest absolute Gasteiger partial charge is 0.366 e. The van der Waals surface area contributed by atoms with Gasteiger partial charge in [-0.25, -0.2) is 0 Å². The van der Waals surface area contributed by atoms with E-state index in [1.807, 2.05) is 0 Å². The summed E-state index contributed by atoms with van der Waals surface area (Å²) in [6.45, 7) is 0. The maximum absolute atomic E-state index is 12.6. The molecule has 0 heterocycles. The number of nitrogens with two attached hydrogens (primary N) is 1. The van der Waals surface area contributed by atoms with Crippen LogP contribution in [-0.2, 0) is 12.4 Å². The van der Waals surface area contributed by atoms with E-state index in [9.17, 15) is 31.1 Å². The Hall–Kier alpha value is -1.25. The van der Waals surface area contributed by atoms with E-state index < -0.39 is 35.0 Å². The van der Waals surface area contributed by atoms with E-state index >= 15 is 0 Å². The number of halogens is 7. The molecule has 0 fully saturated rings. The van der Waals surface area contributed by atoms with Crippen LogP contribution < -0.4 is 5.73 Å². The van der Waals surface area contributed by atoms with Crippen LogP contribution in [0.25, 0.3) is 0 Å². The van der Waals surface area contributed by atoms with Crippen LogP contribution in [0.15, 0.2) is 16.6 Å². The predicted octanol–water partition coefficient (Wildman–Crippen LogP) is 3.59. The minimum atomic E-state index is -5.34. The van der Waals surface area contributed by atoms with Crippen LogP contribution in [0.4, 0.5) is 26.3 Å². The Kier molecular flexibility index (Phi) is 3.66. The van der Waals surface area contributed by atoms with Gasteiger partial charge in [0, 0.05) is 4.47 Å². The zero-order valence-corrected chi connectivity index (χ0v) is 9.87. The summed E-state index contributed by atoms with van der Waals surface area (Å²) in [6.07, 6.45) is -10.6. The summed E-state index contributed by atoms with van der Waals surface area (Å²) in [5, 5.41) is 0. The second-order valence-electron chi connectivity index (χ2n) is 3.24. The lowest BCUT2D eigenvalue weighted by molar-refractivity contribution is -0.162. The number of primary amides is 1. The maximum atomic E-state index is 12.6. The molecule has 0 aliphatic heterocycles. The fourth-order valence-electron chi connectivity index (χ4n) is 1.33. The van der Waals surface area contributed by atoms with E-state index in [-0.39, 0.29) is 10.5 Å². The molecule has 100 valence electrons. The summed E-state index contributed by atoms with van der Waals surface area (Å²) in [5.41, 5.74) is -0.605. The Morgan fingerprint density at radius 3 is 1.89 bits per heavy atom. The minimum Gasteiger partial charge on any atom is -0.366 e. The fraction of sp³-hybridized carbons (Fsp3) is 0.222. The van der Waals surface area contributed by atoms with Gasteiger partial charge in [-0.15, -0.1) is 0 Å². The first-order chi connectivity index (χ1) is 7.94. The molecule has 0 aliphatic carbocycles. The van der Waals surface area contributed by atoms with Crippen molar-refractivity contribution in [1.29, 1.82) is 0 Å². The number of carbonyl (C=O) groups is 1. The molecule has 0 aromatic heterocycles. The van der Waals surface area contributed by atoms with Gasteiger partial charge in [0.25, 0.3) is 0 Å². The molecule has 0 spiro atoms. The second-order valence-corrected chi connectivity index (χ2v) is 4.15. The van der Waals surface area contributed by atoms with Crippen molar-refractivity contribution in [2.75, 3.05) is 0 Å². The third-order valence-electron chi connectivity index (χ3n) is 1.96. The van der Waals surface area contributed by atoms with Crippen molar-refractivity contribution in [3.8, 4) is 0 Å². The molecule has 0 unspecified atom stereocenters. The molecule has 0 aliphatic rings.